The van der Waals surface area contributed by atoms with Crippen LogP contribution >= 0.6 is 0 Å². The molecule has 3 aliphatic rings. The van der Waals surface area contributed by atoms with Gasteiger partial charge in [0, 0.05) is 41.5 Å². The van der Waals surface area contributed by atoms with Crippen LogP contribution in [0.3, 0.4) is 0 Å². The van der Waals surface area contributed by atoms with Gasteiger partial charge in [-0.15, -0.1) is 0 Å². The summed E-state index contributed by atoms with van der Waals surface area (Å²) in [7, 11) is 0. The molecule has 0 radical (unpaired) electrons. The molecular weight excluding hydrogens is 544 g/mol. The van der Waals surface area contributed by atoms with Crippen LogP contribution in [0.2, 0.25) is 0 Å². The third kappa shape index (κ3) is 7.04. The Balaban J connectivity index is 2.07. The monoisotopic (exact) mass is 576 g/mol. The molecular formula is C24H32O16. The van der Waals surface area contributed by atoms with Crippen LogP contribution < -0.4 is 0 Å². The maximum Gasteiger partial charge on any atom is 0.303 e. The van der Waals surface area contributed by atoms with E-state index in [1.165, 1.54) is 0 Å². The van der Waals surface area contributed by atoms with Crippen LogP contribution in [0, 0.1) is 0 Å². The first-order chi connectivity index (χ1) is 18.7. The lowest BCUT2D eigenvalue weighted by Gasteiger charge is -2.40. The van der Waals surface area contributed by atoms with E-state index in [1.807, 2.05) is 0 Å². The van der Waals surface area contributed by atoms with Gasteiger partial charge in [-0.1, -0.05) is 0 Å². The van der Waals surface area contributed by atoms with E-state index in [0.29, 0.717) is 0 Å². The molecule has 40 heavy (non-hydrogen) atoms. The average Bonchev–Trinajstić information content (AvgIpc) is 3.26. The number of carbonyl (C=O) groups excluding carboxylic acids is 6. The molecule has 16 heteroatoms. The summed E-state index contributed by atoms with van der Waals surface area (Å²) in [6, 6.07) is 0. The molecule has 0 amide bonds. The van der Waals surface area contributed by atoms with Gasteiger partial charge in [-0.3, -0.25) is 28.8 Å². The highest BCUT2D eigenvalue weighted by Gasteiger charge is 2.68. The maximum atomic E-state index is 12.1. The second-order valence-corrected chi connectivity index (χ2v) is 9.33. The van der Waals surface area contributed by atoms with Crippen LogP contribution in [0.15, 0.2) is 0 Å². The fraction of sp³-hybridized carbons (Fsp3) is 0.750. The predicted molar refractivity (Wildman–Crippen MR) is 123 cm³/mol. The van der Waals surface area contributed by atoms with Gasteiger partial charge in [-0.2, -0.15) is 0 Å². The first-order valence-electron chi connectivity index (χ1n) is 12.3. The van der Waals surface area contributed by atoms with Gasteiger partial charge >= 0.3 is 35.8 Å². The Morgan fingerprint density at radius 1 is 0.650 bits per heavy atom. The SMILES string of the molecule is CC(=O)OC[C@H]1O[C@@]2(CO[C@]3(COC(C)=O)O[C@H](CO2)[C@@H](OC(C)=O)[C@@H]3OC(C)=O)[C@@H](OC(C)=O)[C@@H]1OC(C)=O. The molecule has 8 atom stereocenters. The first-order valence-corrected chi connectivity index (χ1v) is 12.3. The molecule has 3 aliphatic heterocycles. The van der Waals surface area contributed by atoms with E-state index in [1.54, 1.807) is 0 Å². The lowest BCUT2D eigenvalue weighted by Crippen LogP contribution is -2.58. The van der Waals surface area contributed by atoms with E-state index in [-0.39, 0.29) is 0 Å². The smallest absolute Gasteiger partial charge is 0.303 e. The normalized spacial score (nSPS) is 34.6. The van der Waals surface area contributed by atoms with Crippen LogP contribution in [0.4, 0.5) is 0 Å². The van der Waals surface area contributed by atoms with Crippen molar-refractivity contribution in [3.63, 3.8) is 0 Å². The standard InChI is InChI=1S/C24H32O16/c1-11(25)31-7-17-19(35-13(3)27)22(38-16(6)30)24(39-17)10-34-23(9-32-12(2)26)21(37-15(5)29)20(36-14(4)28)18(40-23)8-33-24/h17-22H,7-10H2,1-6H3/t17-,18-,19-,20-,21+,22+,23-,24+/m1/s1. The molecule has 3 fully saturated rings. The van der Waals surface area contributed by atoms with Crippen molar-refractivity contribution in [1.82, 2.24) is 0 Å². The molecule has 1 spiro atoms. The predicted octanol–water partition coefficient (Wildman–Crippen LogP) is -0.924. The van der Waals surface area contributed by atoms with Gasteiger partial charge in [0.05, 0.1) is 6.61 Å². The summed E-state index contributed by atoms with van der Waals surface area (Å²) in [6.07, 6.45) is -7.87. The Morgan fingerprint density at radius 2 is 1.20 bits per heavy atom. The minimum absolute atomic E-state index is 0.416. The van der Waals surface area contributed by atoms with Gasteiger partial charge < -0.3 is 47.4 Å². The van der Waals surface area contributed by atoms with Crippen LogP contribution in [0.5, 0.6) is 0 Å². The highest BCUT2D eigenvalue weighted by atomic mass is 16.8. The molecule has 0 saturated carbocycles. The largest absolute Gasteiger partial charge is 0.463 e. The molecule has 2 bridgehead atoms. The Kier molecular flexibility index (Phi) is 9.71. The first kappa shape index (κ1) is 31.2. The molecule has 16 nitrogen and oxygen atoms in total. The van der Waals surface area contributed by atoms with Gasteiger partial charge in [-0.25, -0.2) is 0 Å². The molecule has 0 unspecified atom stereocenters. The number of fused-ring (bicyclic) bond motifs is 2. The fourth-order valence-corrected chi connectivity index (χ4v) is 4.65. The lowest BCUT2D eigenvalue weighted by atomic mass is 10.0. The zero-order valence-corrected chi connectivity index (χ0v) is 22.8. The number of esters is 6. The van der Waals surface area contributed by atoms with Crippen molar-refractivity contribution in [3.8, 4) is 0 Å². The minimum Gasteiger partial charge on any atom is -0.463 e. The van der Waals surface area contributed by atoms with Gasteiger partial charge in [0.1, 0.15) is 32.0 Å². The van der Waals surface area contributed by atoms with Crippen molar-refractivity contribution in [1.29, 1.82) is 0 Å². The second-order valence-electron chi connectivity index (χ2n) is 9.33. The second kappa shape index (κ2) is 12.4. The van der Waals surface area contributed by atoms with Gasteiger partial charge in [-0.05, 0) is 0 Å². The molecule has 3 heterocycles. The third-order valence-electron chi connectivity index (χ3n) is 6.03. The van der Waals surface area contributed by atoms with Crippen molar-refractivity contribution in [2.75, 3.05) is 26.4 Å². The van der Waals surface area contributed by atoms with Crippen LogP contribution in [0.1, 0.15) is 41.5 Å². The zero-order chi connectivity index (χ0) is 29.8. The number of hydrogen-bond donors (Lipinski definition) is 0. The highest BCUT2D eigenvalue weighted by Crippen LogP contribution is 2.45. The van der Waals surface area contributed by atoms with E-state index in [2.05, 4.69) is 0 Å². The number of ether oxygens (including phenoxy) is 10. The van der Waals surface area contributed by atoms with Crippen molar-refractivity contribution >= 4 is 35.8 Å². The Morgan fingerprint density at radius 3 is 1.75 bits per heavy atom. The fourth-order valence-electron chi connectivity index (χ4n) is 4.65. The van der Waals surface area contributed by atoms with Crippen LogP contribution in [-0.2, 0) is 76.1 Å². The van der Waals surface area contributed by atoms with Crippen LogP contribution in [0.25, 0.3) is 0 Å². The number of carbonyl (C=O) groups is 6. The van der Waals surface area contributed by atoms with E-state index >= 15 is 0 Å². The minimum atomic E-state index is -2.03. The summed E-state index contributed by atoms with van der Waals surface area (Å²) in [5, 5.41) is 0. The molecule has 0 aromatic heterocycles. The molecule has 0 aromatic carbocycles. The summed E-state index contributed by atoms with van der Waals surface area (Å²) in [5.74, 6) is -8.53. The van der Waals surface area contributed by atoms with Crippen molar-refractivity contribution < 1.29 is 76.1 Å². The van der Waals surface area contributed by atoms with E-state index in [4.69, 9.17) is 47.4 Å². The number of rotatable bonds is 8. The van der Waals surface area contributed by atoms with Gasteiger partial charge in [0.15, 0.2) is 24.4 Å². The summed E-state index contributed by atoms with van der Waals surface area (Å²) in [5.41, 5.74) is 0. The molecule has 3 rings (SSSR count). The summed E-state index contributed by atoms with van der Waals surface area (Å²) < 4.78 is 56.0. The maximum absolute atomic E-state index is 12.1. The molecule has 224 valence electrons. The Hall–Kier alpha value is -3.34. The lowest BCUT2D eigenvalue weighted by molar-refractivity contribution is -0.363. The molecule has 0 aliphatic carbocycles. The topological polar surface area (TPSA) is 195 Å². The average molecular weight is 577 g/mol. The quantitative estimate of drug-likeness (QED) is 0.254. The molecule has 0 N–H and O–H groups in total. The summed E-state index contributed by atoms with van der Waals surface area (Å²) in [6.45, 7) is 4.62. The molecule has 0 aromatic rings. The van der Waals surface area contributed by atoms with Gasteiger partial charge in [0.2, 0.25) is 11.6 Å². The van der Waals surface area contributed by atoms with Crippen LogP contribution in [-0.4, -0.2) is 110 Å². The van der Waals surface area contributed by atoms with E-state index in [9.17, 15) is 28.8 Å². The third-order valence-corrected chi connectivity index (χ3v) is 6.03. The van der Waals surface area contributed by atoms with Crippen molar-refractivity contribution in [2.24, 2.45) is 0 Å². The van der Waals surface area contributed by atoms with E-state index in [0.717, 1.165) is 41.5 Å². The summed E-state index contributed by atoms with van der Waals surface area (Å²) >= 11 is 0. The van der Waals surface area contributed by atoms with Crippen molar-refractivity contribution in [2.45, 2.75) is 89.7 Å². The number of hydrogen-bond acceptors (Lipinski definition) is 16. The van der Waals surface area contributed by atoms with E-state index < -0.39 is 110 Å². The Labute approximate surface area is 228 Å². The zero-order valence-electron chi connectivity index (χ0n) is 22.8. The Bertz CT molecular complexity index is 1030. The highest BCUT2D eigenvalue weighted by molar-refractivity contribution is 5.69. The van der Waals surface area contributed by atoms with Gasteiger partial charge in [0.25, 0.3) is 0 Å². The van der Waals surface area contributed by atoms with Crippen molar-refractivity contribution in [3.05, 3.63) is 0 Å². The molecule has 3 saturated heterocycles. The summed E-state index contributed by atoms with van der Waals surface area (Å²) in [4.78, 5) is 71.3.